The summed E-state index contributed by atoms with van der Waals surface area (Å²) in [7, 11) is -2.90. The normalized spacial score (nSPS) is 18.2. The number of carboxylic acids is 1. The Morgan fingerprint density at radius 3 is 2.45 bits per heavy atom. The number of thiophene rings is 1. The van der Waals surface area contributed by atoms with E-state index in [1.165, 1.54) is 32.8 Å². The van der Waals surface area contributed by atoms with Gasteiger partial charge in [0.25, 0.3) is 0 Å². The summed E-state index contributed by atoms with van der Waals surface area (Å²) in [5.74, 6) is -1.41. The number of nitrogens with zero attached hydrogens (tertiary/aromatic N) is 3. The van der Waals surface area contributed by atoms with E-state index in [2.05, 4.69) is 16.2 Å². The molecule has 202 valence electrons. The number of nitriles is 1. The summed E-state index contributed by atoms with van der Waals surface area (Å²) in [5, 5.41) is 25.0. The summed E-state index contributed by atoms with van der Waals surface area (Å²) in [6.45, 7) is 6.95. The third kappa shape index (κ3) is 5.35. The number of thioether (sulfide) groups is 4. The number of carbonyl (C=O) groups is 1. The quantitative estimate of drug-likeness (QED) is 0.195. The summed E-state index contributed by atoms with van der Waals surface area (Å²) in [6.07, 6.45) is 3.08. The van der Waals surface area contributed by atoms with Crippen LogP contribution in [0.15, 0.2) is 64.7 Å². The molecule has 3 aliphatic heterocycles. The Hall–Kier alpha value is -2.63. The molecule has 3 aliphatic rings. The zero-order valence-electron chi connectivity index (χ0n) is 21.6. The van der Waals surface area contributed by atoms with E-state index < -0.39 is 18.9 Å². The first-order chi connectivity index (χ1) is 19.1. The van der Waals surface area contributed by atoms with Crippen LogP contribution < -0.4 is 0 Å². The van der Waals surface area contributed by atoms with Crippen LogP contribution in [0.1, 0.15) is 46.1 Å². The van der Waals surface area contributed by atoms with E-state index in [9.17, 15) is 23.8 Å². The molecule has 5 heterocycles. The second-order valence-corrected chi connectivity index (χ2v) is 14.2. The lowest BCUT2D eigenvalue weighted by Crippen LogP contribution is -2.18. The second-order valence-electron chi connectivity index (χ2n) is 8.85. The Kier molecular flexibility index (Phi) is 8.45. The fourth-order valence-corrected chi connectivity index (χ4v) is 10.2. The molecule has 0 radical (unpaired) electrons. The van der Waals surface area contributed by atoms with Gasteiger partial charge in [-0.25, -0.2) is 4.79 Å². The first-order valence-corrected chi connectivity index (χ1v) is 16.1. The topological polar surface area (TPSA) is 78.4 Å². The minimum Gasteiger partial charge on any atom is -0.477 e. The van der Waals surface area contributed by atoms with Gasteiger partial charge >= 0.3 is 13.4 Å². The zero-order chi connectivity index (χ0) is 28.7. The van der Waals surface area contributed by atoms with Gasteiger partial charge in [0.05, 0.1) is 14.2 Å². The van der Waals surface area contributed by atoms with E-state index in [-0.39, 0.29) is 17.0 Å². The summed E-state index contributed by atoms with van der Waals surface area (Å²) >= 11 is 8.31. The van der Waals surface area contributed by atoms with Gasteiger partial charge in [0.15, 0.2) is 0 Å². The van der Waals surface area contributed by atoms with Gasteiger partial charge in [0.1, 0.15) is 11.6 Å². The SMILES string of the molecule is CC1=CC(C)=N/C1=C(/c1ccc(C2=CSC(=C3SC=CS3)S2)s1)c1c(C)c(/C=C(\C#N)C(=O)O)c(C)n1B(F)F. The second kappa shape index (κ2) is 11.7. The molecule has 1 N–H and O–H groups in total. The van der Waals surface area contributed by atoms with Crippen molar-refractivity contribution in [1.29, 1.82) is 5.26 Å². The van der Waals surface area contributed by atoms with Crippen molar-refractivity contribution in [3.8, 4) is 6.07 Å². The van der Waals surface area contributed by atoms with E-state index in [1.807, 2.05) is 32.1 Å². The number of carboxylic acid groups (broad SMARTS) is 1. The maximum absolute atomic E-state index is 14.7. The van der Waals surface area contributed by atoms with Crippen molar-refractivity contribution in [2.45, 2.75) is 27.7 Å². The maximum Gasteiger partial charge on any atom is 0.677 e. The number of halogens is 2. The molecule has 40 heavy (non-hydrogen) atoms. The number of aliphatic imine (C=N–C) groups is 1. The number of allylic oxidation sites excluding steroid dienone is 2. The monoisotopic (exact) mass is 627 g/mol. The minimum absolute atomic E-state index is 0.175. The number of aromatic nitrogens is 1. The van der Waals surface area contributed by atoms with E-state index in [0.717, 1.165) is 30.4 Å². The van der Waals surface area contributed by atoms with Crippen LogP contribution in [0, 0.1) is 25.2 Å². The maximum atomic E-state index is 14.7. The molecule has 0 bridgehead atoms. The highest BCUT2D eigenvalue weighted by atomic mass is 32.2. The predicted octanol–water partition coefficient (Wildman–Crippen LogP) is 8.97. The summed E-state index contributed by atoms with van der Waals surface area (Å²) in [5.41, 5.74) is 3.41. The number of hydrogen-bond donors (Lipinski definition) is 1. The average Bonchev–Trinajstić information content (AvgIpc) is 3.71. The fourth-order valence-electron chi connectivity index (χ4n) is 4.57. The third-order valence-electron chi connectivity index (χ3n) is 6.29. The van der Waals surface area contributed by atoms with Gasteiger partial charge in [-0.15, -0.1) is 11.3 Å². The van der Waals surface area contributed by atoms with Crippen molar-refractivity contribution in [3.63, 3.8) is 0 Å². The molecule has 2 aromatic rings. The van der Waals surface area contributed by atoms with Crippen LogP contribution in [-0.4, -0.2) is 28.7 Å². The molecule has 0 aromatic carbocycles. The zero-order valence-corrected chi connectivity index (χ0v) is 25.7. The molecule has 0 fully saturated rings. The van der Waals surface area contributed by atoms with Gasteiger partial charge < -0.3 is 9.58 Å². The van der Waals surface area contributed by atoms with Crippen molar-refractivity contribution in [1.82, 2.24) is 4.48 Å². The van der Waals surface area contributed by atoms with Crippen LogP contribution in [0.3, 0.4) is 0 Å². The molecule has 0 atom stereocenters. The van der Waals surface area contributed by atoms with Gasteiger partial charge in [0, 0.05) is 37.3 Å². The van der Waals surface area contributed by atoms with Crippen LogP contribution in [0.4, 0.5) is 8.63 Å². The van der Waals surface area contributed by atoms with Crippen LogP contribution in [0.2, 0.25) is 0 Å². The Morgan fingerprint density at radius 2 is 1.85 bits per heavy atom. The highest BCUT2D eigenvalue weighted by molar-refractivity contribution is 8.35. The smallest absolute Gasteiger partial charge is 0.477 e. The van der Waals surface area contributed by atoms with Crippen molar-refractivity contribution in [3.05, 3.63) is 92.0 Å². The molecule has 0 aliphatic carbocycles. The Balaban J connectivity index is 1.68. The molecule has 0 unspecified atom stereocenters. The highest BCUT2D eigenvalue weighted by Crippen LogP contribution is 2.56. The van der Waals surface area contributed by atoms with Crippen molar-refractivity contribution in [2.75, 3.05) is 0 Å². The number of rotatable bonds is 6. The summed E-state index contributed by atoms with van der Waals surface area (Å²) < 4.78 is 32.8. The predicted molar refractivity (Wildman–Crippen MR) is 170 cm³/mol. The Labute approximate surface area is 251 Å². The van der Waals surface area contributed by atoms with Crippen molar-refractivity contribution in [2.24, 2.45) is 4.99 Å². The molecule has 13 heteroatoms. The molecule has 5 rings (SSSR count). The summed E-state index contributed by atoms with van der Waals surface area (Å²) in [4.78, 5) is 19.2. The lowest BCUT2D eigenvalue weighted by Gasteiger charge is -2.15. The van der Waals surface area contributed by atoms with Crippen molar-refractivity contribution >= 4 is 94.0 Å². The van der Waals surface area contributed by atoms with Crippen LogP contribution >= 0.6 is 58.4 Å². The van der Waals surface area contributed by atoms with E-state index in [0.29, 0.717) is 16.8 Å². The van der Waals surface area contributed by atoms with E-state index in [4.69, 9.17) is 4.99 Å². The molecule has 2 aromatic heterocycles. The van der Waals surface area contributed by atoms with Gasteiger partial charge in [-0.2, -0.15) is 5.26 Å². The van der Waals surface area contributed by atoms with Crippen LogP contribution in [0.25, 0.3) is 16.6 Å². The van der Waals surface area contributed by atoms with Gasteiger partial charge in [-0.1, -0.05) is 47.0 Å². The van der Waals surface area contributed by atoms with Crippen LogP contribution in [-0.2, 0) is 4.79 Å². The first kappa shape index (κ1) is 28.9. The summed E-state index contributed by atoms with van der Waals surface area (Å²) in [6, 6.07) is 5.59. The molecule has 0 saturated heterocycles. The Morgan fingerprint density at radius 1 is 1.12 bits per heavy atom. The van der Waals surface area contributed by atoms with Crippen LogP contribution in [0.5, 0.6) is 0 Å². The van der Waals surface area contributed by atoms with Gasteiger partial charge in [-0.3, -0.25) is 13.6 Å². The van der Waals surface area contributed by atoms with Gasteiger partial charge in [-0.05, 0) is 84.9 Å². The molecular formula is C27H20BF2N3O2S5. The van der Waals surface area contributed by atoms with Gasteiger partial charge in [0.2, 0.25) is 0 Å². The first-order valence-electron chi connectivity index (χ1n) is 11.8. The molecule has 0 amide bonds. The number of aliphatic carboxylic acids is 1. The Bertz CT molecular complexity index is 1710. The molecule has 0 saturated carbocycles. The van der Waals surface area contributed by atoms with E-state index in [1.54, 1.807) is 60.0 Å². The molecule has 5 nitrogen and oxygen atoms in total. The lowest BCUT2D eigenvalue weighted by atomic mass is 9.98. The average molecular weight is 628 g/mol. The standard InChI is InChI=1S/C27H20BF2N3O2S5/c1-13-9-14(2)32-23(13)22(20-6-5-19(39-20)21-12-38-27(40-21)26-36-7-8-37-26)24-15(3)18(10-17(11-31)25(34)35)16(4)33(24)28(29)30/h5-10,12H,1-4H3,(H,34,35)/b17-10+,23-22-. The van der Waals surface area contributed by atoms with Crippen molar-refractivity contribution < 1.29 is 18.5 Å². The van der Waals surface area contributed by atoms with E-state index >= 15 is 0 Å². The third-order valence-corrected chi connectivity index (χ3v) is 12.6. The minimum atomic E-state index is -2.90. The molecule has 0 spiro atoms. The largest absolute Gasteiger partial charge is 0.677 e. The lowest BCUT2D eigenvalue weighted by molar-refractivity contribution is -0.132. The molecular weight excluding hydrogens is 607 g/mol. The number of hydrogen-bond acceptors (Lipinski definition) is 8. The fraction of sp³-hybridized carbons (Fsp3) is 0.148. The highest BCUT2D eigenvalue weighted by Gasteiger charge is 2.33.